The van der Waals surface area contributed by atoms with Crippen LogP contribution in [0, 0.1) is 0 Å². The van der Waals surface area contributed by atoms with Crippen LogP contribution in [0.2, 0.25) is 0 Å². The molecule has 1 aliphatic rings. The Morgan fingerprint density at radius 3 is 2.81 bits per heavy atom. The van der Waals surface area contributed by atoms with Crippen molar-refractivity contribution < 1.29 is 19.4 Å². The van der Waals surface area contributed by atoms with Crippen molar-refractivity contribution in [3.8, 4) is 11.5 Å². The largest absolute Gasteiger partial charge is 0.480 e. The maximum absolute atomic E-state index is 11.1. The third kappa shape index (κ3) is 4.36. The first-order chi connectivity index (χ1) is 10.1. The fourth-order valence-corrected chi connectivity index (χ4v) is 2.47. The summed E-state index contributed by atoms with van der Waals surface area (Å²) in [6.45, 7) is 4.31. The first kappa shape index (κ1) is 15.6. The predicted molar refractivity (Wildman–Crippen MR) is 79.8 cm³/mol. The number of aryl methyl sites for hydroxylation is 1. The van der Waals surface area contributed by atoms with Gasteiger partial charge in [0.2, 0.25) is 6.79 Å². The van der Waals surface area contributed by atoms with E-state index in [0.717, 1.165) is 30.8 Å². The van der Waals surface area contributed by atoms with Gasteiger partial charge in [0.05, 0.1) is 0 Å². The normalized spacial score (nSPS) is 15.7. The van der Waals surface area contributed by atoms with Gasteiger partial charge in [-0.25, -0.2) is 0 Å². The monoisotopic (exact) mass is 293 g/mol. The molecule has 0 radical (unpaired) electrons. The lowest BCUT2D eigenvalue weighted by Gasteiger charge is -2.19. The molecule has 0 aliphatic carbocycles. The van der Waals surface area contributed by atoms with Gasteiger partial charge in [0.15, 0.2) is 11.5 Å². The molecule has 0 saturated heterocycles. The summed E-state index contributed by atoms with van der Waals surface area (Å²) in [7, 11) is 0. The van der Waals surface area contributed by atoms with Crippen LogP contribution < -0.4 is 14.8 Å². The van der Waals surface area contributed by atoms with Crippen LogP contribution in [-0.2, 0) is 11.2 Å². The number of ether oxygens (including phenoxy) is 2. The lowest BCUT2D eigenvalue weighted by molar-refractivity contribution is -0.139. The maximum atomic E-state index is 11.1. The molecule has 0 fully saturated rings. The highest BCUT2D eigenvalue weighted by molar-refractivity contribution is 5.73. The molecule has 116 valence electrons. The minimum Gasteiger partial charge on any atom is -0.480 e. The van der Waals surface area contributed by atoms with Gasteiger partial charge in [-0.1, -0.05) is 19.4 Å². The van der Waals surface area contributed by atoms with Gasteiger partial charge in [0.25, 0.3) is 0 Å². The van der Waals surface area contributed by atoms with Crippen LogP contribution in [0.25, 0.3) is 0 Å². The number of hydrogen-bond donors (Lipinski definition) is 2. The van der Waals surface area contributed by atoms with Crippen molar-refractivity contribution in [1.82, 2.24) is 5.32 Å². The number of hydrogen-bond acceptors (Lipinski definition) is 4. The topological polar surface area (TPSA) is 67.8 Å². The van der Waals surface area contributed by atoms with Gasteiger partial charge < -0.3 is 19.9 Å². The van der Waals surface area contributed by atoms with Gasteiger partial charge in [0.1, 0.15) is 6.04 Å². The summed E-state index contributed by atoms with van der Waals surface area (Å²) in [6.07, 6.45) is 3.28. The van der Waals surface area contributed by atoms with Crippen molar-refractivity contribution >= 4 is 5.97 Å². The molecule has 5 heteroatoms. The molecule has 2 atom stereocenters. The molecule has 1 aromatic carbocycles. The molecule has 2 unspecified atom stereocenters. The zero-order valence-corrected chi connectivity index (χ0v) is 12.6. The summed E-state index contributed by atoms with van der Waals surface area (Å²) >= 11 is 0. The van der Waals surface area contributed by atoms with E-state index in [2.05, 4.69) is 5.32 Å². The Labute approximate surface area is 125 Å². The average Bonchev–Trinajstić information content (AvgIpc) is 2.92. The van der Waals surface area contributed by atoms with Crippen molar-refractivity contribution in [1.29, 1.82) is 0 Å². The second-order valence-electron chi connectivity index (χ2n) is 5.47. The van der Waals surface area contributed by atoms with E-state index in [1.54, 1.807) is 0 Å². The van der Waals surface area contributed by atoms with Gasteiger partial charge in [-0.05, 0) is 43.9 Å². The Kier molecular flexibility index (Phi) is 5.44. The molecule has 0 bridgehead atoms. The number of carbonyl (C=O) groups is 1. The van der Waals surface area contributed by atoms with Crippen LogP contribution in [0.15, 0.2) is 18.2 Å². The molecule has 2 rings (SSSR count). The molecular formula is C16H23NO4. The van der Waals surface area contributed by atoms with E-state index in [0.29, 0.717) is 6.42 Å². The van der Waals surface area contributed by atoms with Crippen molar-refractivity contribution in [2.75, 3.05) is 6.79 Å². The minimum absolute atomic E-state index is 0.156. The third-order valence-electron chi connectivity index (χ3n) is 3.66. The van der Waals surface area contributed by atoms with Crippen LogP contribution in [0.3, 0.4) is 0 Å². The van der Waals surface area contributed by atoms with Crippen LogP contribution in [0.5, 0.6) is 11.5 Å². The number of benzene rings is 1. The van der Waals surface area contributed by atoms with E-state index in [1.807, 2.05) is 32.0 Å². The van der Waals surface area contributed by atoms with Crippen molar-refractivity contribution in [2.24, 2.45) is 0 Å². The Bertz CT molecular complexity index is 489. The van der Waals surface area contributed by atoms with Crippen molar-refractivity contribution in [3.63, 3.8) is 0 Å². The van der Waals surface area contributed by atoms with Crippen LogP contribution in [0.1, 0.15) is 38.7 Å². The smallest absolute Gasteiger partial charge is 0.320 e. The van der Waals surface area contributed by atoms with E-state index in [4.69, 9.17) is 14.6 Å². The lowest BCUT2D eigenvalue weighted by Crippen LogP contribution is -2.42. The van der Waals surface area contributed by atoms with Gasteiger partial charge in [-0.2, -0.15) is 0 Å². The number of carboxylic acids is 1. The highest BCUT2D eigenvalue weighted by Crippen LogP contribution is 2.32. The molecule has 0 saturated carbocycles. The highest BCUT2D eigenvalue weighted by Gasteiger charge is 2.18. The zero-order valence-electron chi connectivity index (χ0n) is 12.6. The molecule has 1 heterocycles. The fraction of sp³-hybridized carbons (Fsp3) is 0.562. The SMILES string of the molecule is CCCC(NC(C)CCc1ccc2c(c1)OCO2)C(=O)O. The van der Waals surface area contributed by atoms with E-state index >= 15 is 0 Å². The van der Waals surface area contributed by atoms with Crippen LogP contribution in [-0.4, -0.2) is 30.0 Å². The van der Waals surface area contributed by atoms with Crippen molar-refractivity contribution in [3.05, 3.63) is 23.8 Å². The molecule has 21 heavy (non-hydrogen) atoms. The Balaban J connectivity index is 1.83. The summed E-state index contributed by atoms with van der Waals surface area (Å²) in [5, 5.41) is 12.3. The second kappa shape index (κ2) is 7.31. The molecular weight excluding hydrogens is 270 g/mol. The van der Waals surface area contributed by atoms with Gasteiger partial charge in [-0.15, -0.1) is 0 Å². The predicted octanol–water partition coefficient (Wildman–Crippen LogP) is 2.58. The second-order valence-corrected chi connectivity index (χ2v) is 5.47. The molecule has 1 aromatic rings. The van der Waals surface area contributed by atoms with Crippen LogP contribution >= 0.6 is 0 Å². The number of fused-ring (bicyclic) bond motifs is 1. The van der Waals surface area contributed by atoms with Gasteiger partial charge >= 0.3 is 5.97 Å². The summed E-state index contributed by atoms with van der Waals surface area (Å²) in [6, 6.07) is 5.65. The number of nitrogens with one attached hydrogen (secondary N) is 1. The maximum Gasteiger partial charge on any atom is 0.320 e. The Morgan fingerprint density at radius 2 is 2.10 bits per heavy atom. The number of aliphatic carboxylic acids is 1. The average molecular weight is 293 g/mol. The molecule has 0 spiro atoms. The van der Waals surface area contributed by atoms with Gasteiger partial charge in [0, 0.05) is 6.04 Å². The Morgan fingerprint density at radius 1 is 1.33 bits per heavy atom. The standard InChI is InChI=1S/C16H23NO4/c1-3-4-13(16(18)19)17-11(2)5-6-12-7-8-14-15(9-12)21-10-20-14/h7-9,11,13,17H,3-6,10H2,1-2H3,(H,18,19). The summed E-state index contributed by atoms with van der Waals surface area (Å²) in [5.74, 6) is 0.813. The number of rotatable bonds is 8. The van der Waals surface area contributed by atoms with E-state index < -0.39 is 12.0 Å². The molecule has 1 aliphatic heterocycles. The quantitative estimate of drug-likeness (QED) is 0.771. The first-order valence-corrected chi connectivity index (χ1v) is 7.47. The molecule has 2 N–H and O–H groups in total. The third-order valence-corrected chi connectivity index (χ3v) is 3.66. The summed E-state index contributed by atoms with van der Waals surface area (Å²) < 4.78 is 10.6. The Hall–Kier alpha value is -1.75. The number of carboxylic acid groups (broad SMARTS) is 1. The lowest BCUT2D eigenvalue weighted by atomic mass is 10.0. The molecule has 5 nitrogen and oxygen atoms in total. The molecule has 0 aromatic heterocycles. The fourth-order valence-electron chi connectivity index (χ4n) is 2.47. The van der Waals surface area contributed by atoms with E-state index in [1.165, 1.54) is 5.56 Å². The van der Waals surface area contributed by atoms with E-state index in [9.17, 15) is 4.79 Å². The highest BCUT2D eigenvalue weighted by atomic mass is 16.7. The summed E-state index contributed by atoms with van der Waals surface area (Å²) in [4.78, 5) is 11.1. The minimum atomic E-state index is -0.772. The van der Waals surface area contributed by atoms with Crippen LogP contribution in [0.4, 0.5) is 0 Å². The molecule has 0 amide bonds. The first-order valence-electron chi connectivity index (χ1n) is 7.47. The summed E-state index contributed by atoms with van der Waals surface area (Å²) in [5.41, 5.74) is 1.18. The van der Waals surface area contributed by atoms with Crippen molar-refractivity contribution in [2.45, 2.75) is 51.6 Å². The van der Waals surface area contributed by atoms with Gasteiger partial charge in [-0.3, -0.25) is 4.79 Å². The van der Waals surface area contributed by atoms with E-state index in [-0.39, 0.29) is 12.8 Å². The zero-order chi connectivity index (χ0) is 15.2.